The number of nitrogens with zero attached hydrogens (tertiary/aromatic N) is 1. The van der Waals surface area contributed by atoms with Gasteiger partial charge in [0.25, 0.3) is 5.91 Å². The van der Waals surface area contributed by atoms with Crippen LogP contribution in [0.25, 0.3) is 0 Å². The van der Waals surface area contributed by atoms with E-state index in [9.17, 15) is 14.4 Å². The van der Waals surface area contributed by atoms with Crippen molar-refractivity contribution in [3.8, 4) is 0 Å². The molecular formula is C18H21Cl2N3O4. The molecule has 0 saturated carbocycles. The molecule has 2 N–H and O–H groups in total. The van der Waals surface area contributed by atoms with Gasteiger partial charge in [-0.2, -0.15) is 0 Å². The first-order valence-electron chi connectivity index (χ1n) is 8.36. The summed E-state index contributed by atoms with van der Waals surface area (Å²) in [5, 5.41) is 5.40. The van der Waals surface area contributed by atoms with Gasteiger partial charge in [-0.3, -0.25) is 9.69 Å². The van der Waals surface area contributed by atoms with Crippen molar-refractivity contribution in [3.05, 3.63) is 41.1 Å². The van der Waals surface area contributed by atoms with Gasteiger partial charge >= 0.3 is 12.0 Å². The number of ether oxygens (including phenoxy) is 1. The Bertz CT molecular complexity index is 780. The number of allylic oxidation sites excluding steroid dienone is 1. The Labute approximate surface area is 167 Å². The van der Waals surface area contributed by atoms with Crippen LogP contribution in [0, 0.1) is 0 Å². The smallest absolute Gasteiger partial charge is 0.337 e. The predicted octanol–water partition coefficient (Wildman–Crippen LogP) is 3.35. The highest BCUT2D eigenvalue weighted by atomic mass is 35.5. The summed E-state index contributed by atoms with van der Waals surface area (Å²) in [7, 11) is 1.29. The first-order valence-corrected chi connectivity index (χ1v) is 9.23. The molecule has 1 heterocycles. The number of rotatable bonds is 6. The van der Waals surface area contributed by atoms with Crippen LogP contribution in [0.2, 0.25) is 0 Å². The molecule has 1 aromatic rings. The van der Waals surface area contributed by atoms with E-state index in [1.807, 2.05) is 6.92 Å². The van der Waals surface area contributed by atoms with Gasteiger partial charge in [-0.25, -0.2) is 9.59 Å². The van der Waals surface area contributed by atoms with Gasteiger partial charge in [0, 0.05) is 17.9 Å². The summed E-state index contributed by atoms with van der Waals surface area (Å²) < 4.78 is 4.92. The Morgan fingerprint density at radius 3 is 2.67 bits per heavy atom. The lowest BCUT2D eigenvalue weighted by Crippen LogP contribution is -2.48. The molecule has 2 rings (SSSR count). The van der Waals surface area contributed by atoms with Gasteiger partial charge in [-0.1, -0.05) is 42.3 Å². The Balaban J connectivity index is 2.45. The third kappa shape index (κ3) is 4.73. The first-order chi connectivity index (χ1) is 12.8. The molecule has 3 amide bonds. The van der Waals surface area contributed by atoms with Crippen molar-refractivity contribution in [1.82, 2.24) is 10.2 Å². The Hall–Kier alpha value is -2.25. The monoisotopic (exact) mass is 413 g/mol. The molecule has 0 fully saturated rings. The molecule has 146 valence electrons. The van der Waals surface area contributed by atoms with Crippen LogP contribution < -0.4 is 10.6 Å². The summed E-state index contributed by atoms with van der Waals surface area (Å²) >= 11 is 11.1. The number of amides is 3. The van der Waals surface area contributed by atoms with E-state index in [1.54, 1.807) is 31.2 Å². The number of methoxy groups -OCH3 is 1. The fourth-order valence-electron chi connectivity index (χ4n) is 2.89. The molecule has 27 heavy (non-hydrogen) atoms. The van der Waals surface area contributed by atoms with E-state index >= 15 is 0 Å². The zero-order valence-electron chi connectivity index (χ0n) is 15.2. The minimum absolute atomic E-state index is 0.303. The summed E-state index contributed by atoms with van der Waals surface area (Å²) in [6.07, 6.45) is 0.739. The molecule has 0 aliphatic carbocycles. The number of halogens is 2. The molecule has 1 atom stereocenters. The van der Waals surface area contributed by atoms with E-state index in [0.29, 0.717) is 29.1 Å². The molecule has 0 spiro atoms. The lowest BCUT2D eigenvalue weighted by atomic mass is 9.94. The van der Waals surface area contributed by atoms with E-state index in [2.05, 4.69) is 10.6 Å². The number of nitrogens with one attached hydrogen (secondary N) is 2. The number of carbonyl (C=O) groups is 3. The third-order valence-corrected chi connectivity index (χ3v) is 4.53. The Kier molecular flexibility index (Phi) is 7.10. The van der Waals surface area contributed by atoms with Crippen LogP contribution in [0.15, 0.2) is 35.5 Å². The first kappa shape index (κ1) is 21.1. The SMILES string of the molecule is CCCN1C(=O)NC(c2cccc(NC(=O)C(Cl)Cl)c2)C(C(=O)OC)=C1C. The van der Waals surface area contributed by atoms with E-state index in [-0.39, 0.29) is 6.03 Å². The lowest BCUT2D eigenvalue weighted by molar-refractivity contribution is -0.136. The third-order valence-electron chi connectivity index (χ3n) is 4.13. The molecule has 7 nitrogen and oxygen atoms in total. The number of anilines is 1. The highest BCUT2D eigenvalue weighted by molar-refractivity contribution is 6.54. The zero-order chi connectivity index (χ0) is 20.1. The molecule has 1 aromatic carbocycles. The van der Waals surface area contributed by atoms with Gasteiger partial charge in [0.2, 0.25) is 0 Å². The number of esters is 1. The average molecular weight is 414 g/mol. The van der Waals surface area contributed by atoms with Crippen molar-refractivity contribution in [1.29, 1.82) is 0 Å². The van der Waals surface area contributed by atoms with Crippen LogP contribution in [0.4, 0.5) is 10.5 Å². The minimum Gasteiger partial charge on any atom is -0.466 e. The van der Waals surface area contributed by atoms with Crippen molar-refractivity contribution in [2.24, 2.45) is 0 Å². The maximum absolute atomic E-state index is 12.5. The number of hydrogen-bond acceptors (Lipinski definition) is 4. The second-order valence-corrected chi connectivity index (χ2v) is 7.04. The van der Waals surface area contributed by atoms with Crippen LogP contribution in [-0.4, -0.2) is 41.3 Å². The molecule has 0 saturated heterocycles. The molecular weight excluding hydrogens is 393 g/mol. The fraction of sp³-hybridized carbons (Fsp3) is 0.389. The largest absolute Gasteiger partial charge is 0.466 e. The summed E-state index contributed by atoms with van der Waals surface area (Å²) in [4.78, 5) is 36.9. The maximum Gasteiger partial charge on any atom is 0.337 e. The molecule has 0 aromatic heterocycles. The lowest BCUT2D eigenvalue weighted by Gasteiger charge is -2.35. The topological polar surface area (TPSA) is 87.7 Å². The quantitative estimate of drug-likeness (QED) is 0.552. The number of carbonyl (C=O) groups excluding carboxylic acids is 3. The van der Waals surface area contributed by atoms with Crippen molar-refractivity contribution >= 4 is 46.8 Å². The second-order valence-electron chi connectivity index (χ2n) is 5.94. The molecule has 9 heteroatoms. The Morgan fingerprint density at radius 2 is 2.07 bits per heavy atom. The predicted molar refractivity (Wildman–Crippen MR) is 104 cm³/mol. The Morgan fingerprint density at radius 1 is 1.37 bits per heavy atom. The van der Waals surface area contributed by atoms with Gasteiger partial charge in [0.1, 0.15) is 0 Å². The normalized spacial score (nSPS) is 17.0. The van der Waals surface area contributed by atoms with Crippen molar-refractivity contribution in [3.63, 3.8) is 0 Å². The van der Waals surface area contributed by atoms with Crippen LogP contribution in [0.1, 0.15) is 31.9 Å². The summed E-state index contributed by atoms with van der Waals surface area (Å²) in [6.45, 7) is 4.14. The van der Waals surface area contributed by atoms with Crippen LogP contribution in [0.5, 0.6) is 0 Å². The van der Waals surface area contributed by atoms with Crippen LogP contribution in [-0.2, 0) is 14.3 Å². The van der Waals surface area contributed by atoms with E-state index in [4.69, 9.17) is 27.9 Å². The minimum atomic E-state index is -1.21. The average Bonchev–Trinajstić information content (AvgIpc) is 2.64. The van der Waals surface area contributed by atoms with Gasteiger partial charge < -0.3 is 15.4 Å². The number of urea groups is 1. The molecule has 1 aliphatic rings. The second kappa shape index (κ2) is 9.10. The number of alkyl halides is 2. The van der Waals surface area contributed by atoms with Crippen LogP contribution >= 0.6 is 23.2 Å². The summed E-state index contributed by atoms with van der Waals surface area (Å²) in [5.41, 5.74) is 1.92. The van der Waals surface area contributed by atoms with Gasteiger partial charge in [0.05, 0.1) is 18.7 Å². The molecule has 0 bridgehead atoms. The maximum atomic E-state index is 12.5. The summed E-state index contributed by atoms with van der Waals surface area (Å²) in [6, 6.07) is 5.72. The van der Waals surface area contributed by atoms with Crippen molar-refractivity contribution < 1.29 is 19.1 Å². The number of hydrogen-bond donors (Lipinski definition) is 2. The number of benzene rings is 1. The van der Waals surface area contributed by atoms with E-state index in [1.165, 1.54) is 12.0 Å². The van der Waals surface area contributed by atoms with Gasteiger partial charge in [0.15, 0.2) is 4.84 Å². The molecule has 1 aliphatic heterocycles. The van der Waals surface area contributed by atoms with E-state index < -0.39 is 22.8 Å². The van der Waals surface area contributed by atoms with Gasteiger partial charge in [-0.05, 0) is 31.0 Å². The van der Waals surface area contributed by atoms with Gasteiger partial charge in [-0.15, -0.1) is 0 Å². The highest BCUT2D eigenvalue weighted by Gasteiger charge is 2.36. The van der Waals surface area contributed by atoms with Crippen molar-refractivity contribution in [2.75, 3.05) is 19.0 Å². The molecule has 0 radical (unpaired) electrons. The zero-order valence-corrected chi connectivity index (χ0v) is 16.7. The summed E-state index contributed by atoms with van der Waals surface area (Å²) in [5.74, 6) is -1.10. The van der Waals surface area contributed by atoms with E-state index in [0.717, 1.165) is 6.42 Å². The molecule has 1 unspecified atom stereocenters. The fourth-order valence-corrected chi connectivity index (χ4v) is 3.00. The standard InChI is InChI=1S/C18H21Cl2N3O4/c1-4-8-23-10(2)13(17(25)27-3)14(22-18(23)26)11-6-5-7-12(9-11)21-16(24)15(19)20/h5-7,9,14-15H,4,8H2,1-3H3,(H,21,24)(H,22,26). The highest BCUT2D eigenvalue weighted by Crippen LogP contribution is 2.32. The van der Waals surface area contributed by atoms with Crippen molar-refractivity contribution in [2.45, 2.75) is 31.1 Å². The van der Waals surface area contributed by atoms with Crippen LogP contribution in [0.3, 0.4) is 0 Å².